The van der Waals surface area contributed by atoms with Crippen molar-refractivity contribution in [2.75, 3.05) is 6.61 Å². The van der Waals surface area contributed by atoms with Gasteiger partial charge in [0.1, 0.15) is 0 Å². The molecule has 86 valence electrons. The molecule has 6 heteroatoms. The molecule has 0 aromatic heterocycles. The Morgan fingerprint density at radius 3 is 2.80 bits per heavy atom. The molecule has 0 aliphatic carbocycles. The molecule has 2 atom stereocenters. The van der Waals surface area contributed by atoms with Gasteiger partial charge in [0.05, 0.1) is 6.61 Å². The van der Waals surface area contributed by atoms with Crippen molar-refractivity contribution in [3.05, 3.63) is 12.2 Å². The van der Waals surface area contributed by atoms with Crippen LogP contribution in [0.4, 0.5) is 13.2 Å². The first-order valence-corrected chi connectivity index (χ1v) is 4.50. The van der Waals surface area contributed by atoms with Gasteiger partial charge in [0, 0.05) is 6.42 Å². The van der Waals surface area contributed by atoms with Gasteiger partial charge in [0.2, 0.25) is 0 Å². The molecule has 0 N–H and O–H groups in total. The predicted octanol–water partition coefficient (Wildman–Crippen LogP) is 1.83. The van der Waals surface area contributed by atoms with E-state index in [1.807, 2.05) is 0 Å². The average molecular weight is 224 g/mol. The van der Waals surface area contributed by atoms with Crippen LogP contribution in [0.3, 0.4) is 0 Å². The van der Waals surface area contributed by atoms with E-state index in [9.17, 15) is 18.0 Å². The van der Waals surface area contributed by atoms with Crippen molar-refractivity contribution in [3.8, 4) is 0 Å². The average Bonchev–Trinajstić information content (AvgIpc) is 2.17. The highest BCUT2D eigenvalue weighted by Crippen LogP contribution is 2.29. The van der Waals surface area contributed by atoms with Gasteiger partial charge in [-0.3, -0.25) is 0 Å². The summed E-state index contributed by atoms with van der Waals surface area (Å²) in [4.78, 5) is 11.1. The molecule has 3 nitrogen and oxygen atoms in total. The summed E-state index contributed by atoms with van der Waals surface area (Å²) in [6.45, 7) is 1.69. The zero-order chi connectivity index (χ0) is 11.5. The van der Waals surface area contributed by atoms with Gasteiger partial charge in [-0.05, 0) is 13.0 Å². The zero-order valence-electron chi connectivity index (χ0n) is 8.08. The number of halogens is 3. The van der Waals surface area contributed by atoms with Gasteiger partial charge in [0.15, 0.2) is 12.2 Å². The minimum Gasteiger partial charge on any atom is -0.464 e. The van der Waals surface area contributed by atoms with E-state index in [1.54, 1.807) is 6.92 Å². The summed E-state index contributed by atoms with van der Waals surface area (Å²) in [5.74, 6) is -0.789. The summed E-state index contributed by atoms with van der Waals surface area (Å²) in [6.07, 6.45) is -5.32. The third-order valence-corrected chi connectivity index (χ3v) is 1.86. The number of carbonyl (C=O) groups excluding carboxylic acids is 1. The molecule has 1 aliphatic heterocycles. The third-order valence-electron chi connectivity index (χ3n) is 1.86. The summed E-state index contributed by atoms with van der Waals surface area (Å²) in [7, 11) is 0. The van der Waals surface area contributed by atoms with E-state index in [1.165, 1.54) is 12.2 Å². The van der Waals surface area contributed by atoms with E-state index in [0.29, 0.717) is 0 Å². The van der Waals surface area contributed by atoms with E-state index >= 15 is 0 Å². The van der Waals surface area contributed by atoms with Gasteiger partial charge in [-0.15, -0.1) is 0 Å². The lowest BCUT2D eigenvalue weighted by atomic mass is 10.1. The second-order valence-corrected chi connectivity index (χ2v) is 3.00. The monoisotopic (exact) mass is 224 g/mol. The Kier molecular flexibility index (Phi) is 3.73. The number of alkyl halides is 3. The normalized spacial score (nSPS) is 26.4. The van der Waals surface area contributed by atoms with Crippen LogP contribution in [-0.2, 0) is 14.3 Å². The molecule has 1 aliphatic rings. The maximum absolute atomic E-state index is 12.3. The summed E-state index contributed by atoms with van der Waals surface area (Å²) in [5.41, 5.74) is 0. The van der Waals surface area contributed by atoms with Crippen LogP contribution in [0.25, 0.3) is 0 Å². The molecule has 0 bridgehead atoms. The standard InChI is InChI=1S/C9H11F3O3/c1-2-14-8(13)6-4-3-5-7(15-6)9(10,11)12/h3-4,6-7H,2,5H2,1H3/t6-,7+/m0/s1. The molecular weight excluding hydrogens is 213 g/mol. The maximum Gasteiger partial charge on any atom is 0.414 e. The molecule has 0 spiro atoms. The third kappa shape index (κ3) is 3.23. The van der Waals surface area contributed by atoms with Gasteiger partial charge >= 0.3 is 12.1 Å². The first-order valence-electron chi connectivity index (χ1n) is 4.50. The lowest BCUT2D eigenvalue weighted by Crippen LogP contribution is -2.40. The van der Waals surface area contributed by atoms with Crippen LogP contribution in [0.1, 0.15) is 13.3 Å². The summed E-state index contributed by atoms with van der Waals surface area (Å²) < 4.78 is 45.9. The van der Waals surface area contributed by atoms with Gasteiger partial charge in [-0.25, -0.2) is 4.79 Å². The van der Waals surface area contributed by atoms with Crippen LogP contribution in [0.2, 0.25) is 0 Å². The number of carbonyl (C=O) groups is 1. The second-order valence-electron chi connectivity index (χ2n) is 3.00. The quantitative estimate of drug-likeness (QED) is 0.530. The number of hydrogen-bond acceptors (Lipinski definition) is 3. The Labute approximate surface area is 84.8 Å². The van der Waals surface area contributed by atoms with E-state index < -0.39 is 24.4 Å². The Hall–Kier alpha value is -1.04. The number of esters is 1. The summed E-state index contributed by atoms with van der Waals surface area (Å²) in [6, 6.07) is 0. The van der Waals surface area contributed by atoms with Crippen molar-refractivity contribution in [2.24, 2.45) is 0 Å². The molecule has 0 aromatic rings. The van der Waals surface area contributed by atoms with Crippen molar-refractivity contribution >= 4 is 5.97 Å². The molecule has 0 saturated carbocycles. The molecule has 0 radical (unpaired) electrons. The van der Waals surface area contributed by atoms with Crippen LogP contribution in [0.15, 0.2) is 12.2 Å². The molecule has 15 heavy (non-hydrogen) atoms. The number of hydrogen-bond donors (Lipinski definition) is 0. The van der Waals surface area contributed by atoms with Crippen molar-refractivity contribution in [1.82, 2.24) is 0 Å². The molecule has 0 amide bonds. The molecule has 0 fully saturated rings. The summed E-state index contributed by atoms with van der Waals surface area (Å²) in [5, 5.41) is 0. The molecule has 1 heterocycles. The van der Waals surface area contributed by atoms with Crippen LogP contribution >= 0.6 is 0 Å². The lowest BCUT2D eigenvalue weighted by molar-refractivity contribution is -0.232. The fourth-order valence-electron chi connectivity index (χ4n) is 1.17. The minimum absolute atomic E-state index is 0.114. The highest BCUT2D eigenvalue weighted by Gasteiger charge is 2.43. The minimum atomic E-state index is -4.45. The molecule has 0 aromatic carbocycles. The van der Waals surface area contributed by atoms with Crippen LogP contribution < -0.4 is 0 Å². The Bertz CT molecular complexity index is 260. The van der Waals surface area contributed by atoms with Crippen LogP contribution in [-0.4, -0.2) is 31.0 Å². The Morgan fingerprint density at radius 2 is 2.27 bits per heavy atom. The van der Waals surface area contributed by atoms with Crippen molar-refractivity contribution < 1.29 is 27.4 Å². The van der Waals surface area contributed by atoms with E-state index in [-0.39, 0.29) is 13.0 Å². The highest BCUT2D eigenvalue weighted by atomic mass is 19.4. The fraction of sp³-hybridized carbons (Fsp3) is 0.667. The molecule has 1 rings (SSSR count). The fourth-order valence-corrected chi connectivity index (χ4v) is 1.17. The summed E-state index contributed by atoms with van der Waals surface area (Å²) >= 11 is 0. The lowest BCUT2D eigenvalue weighted by Gasteiger charge is -2.26. The smallest absolute Gasteiger partial charge is 0.414 e. The SMILES string of the molecule is CCOC(=O)[C@@H]1C=CC[C@H](C(F)(F)F)O1. The Balaban J connectivity index is 2.60. The largest absolute Gasteiger partial charge is 0.464 e. The topological polar surface area (TPSA) is 35.5 Å². The predicted molar refractivity (Wildman–Crippen MR) is 45.1 cm³/mol. The number of rotatable bonds is 2. The van der Waals surface area contributed by atoms with Crippen LogP contribution in [0.5, 0.6) is 0 Å². The maximum atomic E-state index is 12.3. The first-order chi connectivity index (χ1) is 6.95. The molecule has 0 unspecified atom stereocenters. The first kappa shape index (κ1) is 12.0. The van der Waals surface area contributed by atoms with E-state index in [2.05, 4.69) is 9.47 Å². The Morgan fingerprint density at radius 1 is 1.60 bits per heavy atom. The van der Waals surface area contributed by atoms with Gasteiger partial charge in [-0.1, -0.05) is 6.08 Å². The molecule has 0 saturated heterocycles. The van der Waals surface area contributed by atoms with Crippen molar-refractivity contribution in [2.45, 2.75) is 31.7 Å². The molecular formula is C9H11F3O3. The van der Waals surface area contributed by atoms with E-state index in [0.717, 1.165) is 0 Å². The second kappa shape index (κ2) is 4.65. The van der Waals surface area contributed by atoms with E-state index in [4.69, 9.17) is 0 Å². The highest BCUT2D eigenvalue weighted by molar-refractivity contribution is 5.77. The van der Waals surface area contributed by atoms with Gasteiger partial charge in [-0.2, -0.15) is 13.2 Å². The number of ether oxygens (including phenoxy) is 2. The van der Waals surface area contributed by atoms with Crippen LogP contribution in [0, 0.1) is 0 Å². The van der Waals surface area contributed by atoms with Crippen molar-refractivity contribution in [1.29, 1.82) is 0 Å². The zero-order valence-corrected chi connectivity index (χ0v) is 8.08. The van der Waals surface area contributed by atoms with Gasteiger partial charge in [0.25, 0.3) is 0 Å². The van der Waals surface area contributed by atoms with Crippen molar-refractivity contribution in [3.63, 3.8) is 0 Å². The van der Waals surface area contributed by atoms with Gasteiger partial charge < -0.3 is 9.47 Å².